The van der Waals surface area contributed by atoms with Gasteiger partial charge in [-0.2, -0.15) is 0 Å². The zero-order chi connectivity index (χ0) is 13.1. The van der Waals surface area contributed by atoms with Crippen LogP contribution in [0.15, 0.2) is 30.3 Å². The Kier molecular flexibility index (Phi) is 5.83. The van der Waals surface area contributed by atoms with Crippen molar-refractivity contribution in [3.63, 3.8) is 0 Å². The van der Waals surface area contributed by atoms with Gasteiger partial charge in [-0.1, -0.05) is 44.2 Å². The van der Waals surface area contributed by atoms with Crippen LogP contribution in [0.2, 0.25) is 0 Å². The molecule has 3 nitrogen and oxygen atoms in total. The summed E-state index contributed by atoms with van der Waals surface area (Å²) in [5.41, 5.74) is 1.26. The van der Waals surface area contributed by atoms with Gasteiger partial charge in [0.25, 0.3) is 0 Å². The molecule has 1 fully saturated rings. The number of likely N-dealkylation sites (tertiary alicyclic amines) is 1. The lowest BCUT2D eigenvalue weighted by Gasteiger charge is -2.18. The molecule has 2 rings (SSSR count). The maximum atomic E-state index is 11.3. The summed E-state index contributed by atoms with van der Waals surface area (Å²) in [5.74, 6) is -0.170. The van der Waals surface area contributed by atoms with Gasteiger partial charge in [0.05, 0.1) is 5.92 Å². The van der Waals surface area contributed by atoms with Crippen LogP contribution < -0.4 is 0 Å². The first-order chi connectivity index (χ1) is 8.58. The molecule has 19 heavy (non-hydrogen) atoms. The van der Waals surface area contributed by atoms with Gasteiger partial charge < -0.3 is 5.11 Å². The highest BCUT2D eigenvalue weighted by atomic mass is 35.5. The predicted molar refractivity (Wildman–Crippen MR) is 78.4 cm³/mol. The largest absolute Gasteiger partial charge is 0.481 e. The number of halogens is 1. The van der Waals surface area contributed by atoms with Gasteiger partial charge in [0, 0.05) is 19.6 Å². The molecule has 0 unspecified atom stereocenters. The maximum Gasteiger partial charge on any atom is 0.308 e. The van der Waals surface area contributed by atoms with Crippen molar-refractivity contribution in [2.75, 3.05) is 13.1 Å². The highest BCUT2D eigenvalue weighted by molar-refractivity contribution is 5.85. The first-order valence-corrected chi connectivity index (χ1v) is 6.57. The molecule has 0 amide bonds. The van der Waals surface area contributed by atoms with Crippen LogP contribution in [0, 0.1) is 17.8 Å². The van der Waals surface area contributed by atoms with Gasteiger partial charge in [-0.15, -0.1) is 12.4 Å². The van der Waals surface area contributed by atoms with E-state index in [0.29, 0.717) is 12.5 Å². The number of rotatable bonds is 4. The topological polar surface area (TPSA) is 40.5 Å². The van der Waals surface area contributed by atoms with Crippen molar-refractivity contribution in [1.29, 1.82) is 0 Å². The molecule has 1 aromatic carbocycles. The lowest BCUT2D eigenvalue weighted by molar-refractivity contribution is -0.143. The number of hydrogen-bond acceptors (Lipinski definition) is 2. The molecular formula is C15H22ClNO2. The molecule has 0 aliphatic carbocycles. The van der Waals surface area contributed by atoms with E-state index in [1.54, 1.807) is 0 Å². The summed E-state index contributed by atoms with van der Waals surface area (Å²) in [6, 6.07) is 10.3. The first kappa shape index (κ1) is 16.0. The number of nitrogens with zero attached hydrogens (tertiary/aromatic N) is 1. The van der Waals surface area contributed by atoms with Crippen LogP contribution in [0.3, 0.4) is 0 Å². The first-order valence-electron chi connectivity index (χ1n) is 6.57. The molecule has 1 heterocycles. The molecule has 4 heteroatoms. The van der Waals surface area contributed by atoms with Gasteiger partial charge in [-0.25, -0.2) is 0 Å². The second kappa shape index (κ2) is 6.92. The average Bonchev–Trinajstić information content (AvgIpc) is 2.74. The van der Waals surface area contributed by atoms with Gasteiger partial charge in [-0.3, -0.25) is 9.69 Å². The molecule has 1 saturated heterocycles. The van der Waals surface area contributed by atoms with Crippen molar-refractivity contribution in [2.24, 2.45) is 17.8 Å². The summed E-state index contributed by atoms with van der Waals surface area (Å²) in [5, 5.41) is 9.29. The Morgan fingerprint density at radius 2 is 1.95 bits per heavy atom. The minimum Gasteiger partial charge on any atom is -0.481 e. The number of benzene rings is 1. The second-order valence-electron chi connectivity index (χ2n) is 5.53. The summed E-state index contributed by atoms with van der Waals surface area (Å²) in [7, 11) is 0. The summed E-state index contributed by atoms with van der Waals surface area (Å²) in [4.78, 5) is 13.6. The highest BCUT2D eigenvalue weighted by Gasteiger charge is 2.38. The summed E-state index contributed by atoms with van der Waals surface area (Å²) < 4.78 is 0. The molecule has 0 bridgehead atoms. The minimum atomic E-state index is -0.649. The third-order valence-electron chi connectivity index (χ3n) is 3.86. The molecule has 2 atom stereocenters. The van der Waals surface area contributed by atoms with E-state index in [1.165, 1.54) is 5.56 Å². The number of carbonyl (C=O) groups is 1. The van der Waals surface area contributed by atoms with E-state index in [9.17, 15) is 9.90 Å². The SMILES string of the molecule is CC(C)[C@@H]1CN(Cc2ccccc2)C[C@@H]1C(=O)O.Cl. The zero-order valence-corrected chi connectivity index (χ0v) is 12.3. The van der Waals surface area contributed by atoms with Crippen LogP contribution in [-0.4, -0.2) is 29.1 Å². The second-order valence-corrected chi connectivity index (χ2v) is 5.53. The van der Waals surface area contributed by atoms with Crippen molar-refractivity contribution in [3.05, 3.63) is 35.9 Å². The fourth-order valence-corrected chi connectivity index (χ4v) is 2.82. The van der Waals surface area contributed by atoms with Crippen LogP contribution >= 0.6 is 12.4 Å². The van der Waals surface area contributed by atoms with Crippen LogP contribution in [-0.2, 0) is 11.3 Å². The molecule has 1 N–H and O–H groups in total. The Hall–Kier alpha value is -1.06. The Morgan fingerprint density at radius 3 is 2.42 bits per heavy atom. The fourth-order valence-electron chi connectivity index (χ4n) is 2.82. The number of carboxylic acid groups (broad SMARTS) is 1. The van der Waals surface area contributed by atoms with Crippen LogP contribution in [0.4, 0.5) is 0 Å². The Labute approximate surface area is 121 Å². The third kappa shape index (κ3) is 3.95. The molecule has 1 aliphatic heterocycles. The van der Waals surface area contributed by atoms with Gasteiger partial charge in [0.1, 0.15) is 0 Å². The zero-order valence-electron chi connectivity index (χ0n) is 11.5. The van der Waals surface area contributed by atoms with Gasteiger partial charge in [-0.05, 0) is 17.4 Å². The molecule has 0 aromatic heterocycles. The van der Waals surface area contributed by atoms with Crippen molar-refractivity contribution in [2.45, 2.75) is 20.4 Å². The number of aliphatic carboxylic acids is 1. The normalized spacial score (nSPS) is 23.3. The molecular weight excluding hydrogens is 262 g/mol. The average molecular weight is 284 g/mol. The predicted octanol–water partition coefficient (Wildman–Crippen LogP) is 2.90. The molecule has 0 spiro atoms. The summed E-state index contributed by atoms with van der Waals surface area (Å²) in [6.45, 7) is 6.66. The van der Waals surface area contributed by atoms with E-state index in [1.807, 2.05) is 18.2 Å². The molecule has 1 aromatic rings. The Balaban J connectivity index is 0.00000180. The van der Waals surface area contributed by atoms with E-state index in [0.717, 1.165) is 13.1 Å². The standard InChI is InChI=1S/C15H21NO2.ClH/c1-11(2)13-9-16(10-14(13)15(17)18)8-12-6-4-3-5-7-12;/h3-7,11,13-14H,8-10H2,1-2H3,(H,17,18);1H/t13-,14-;/m0./s1. The van der Waals surface area contributed by atoms with Crippen molar-refractivity contribution >= 4 is 18.4 Å². The minimum absolute atomic E-state index is 0. The molecule has 106 valence electrons. The van der Waals surface area contributed by atoms with Crippen LogP contribution in [0.5, 0.6) is 0 Å². The molecule has 0 saturated carbocycles. The smallest absolute Gasteiger partial charge is 0.308 e. The number of hydrogen-bond donors (Lipinski definition) is 1. The van der Waals surface area contributed by atoms with Crippen molar-refractivity contribution in [1.82, 2.24) is 4.90 Å². The Bertz CT molecular complexity index is 408. The lowest BCUT2D eigenvalue weighted by atomic mass is 9.86. The van der Waals surface area contributed by atoms with Gasteiger partial charge >= 0.3 is 5.97 Å². The summed E-state index contributed by atoms with van der Waals surface area (Å²) >= 11 is 0. The lowest BCUT2D eigenvalue weighted by Crippen LogP contribution is -2.25. The van der Waals surface area contributed by atoms with Crippen LogP contribution in [0.1, 0.15) is 19.4 Å². The van der Waals surface area contributed by atoms with E-state index in [4.69, 9.17) is 0 Å². The Morgan fingerprint density at radius 1 is 1.32 bits per heavy atom. The third-order valence-corrected chi connectivity index (χ3v) is 3.86. The van der Waals surface area contributed by atoms with Crippen molar-refractivity contribution in [3.8, 4) is 0 Å². The molecule has 1 aliphatic rings. The van der Waals surface area contributed by atoms with Crippen molar-refractivity contribution < 1.29 is 9.90 Å². The van der Waals surface area contributed by atoms with E-state index in [-0.39, 0.29) is 24.2 Å². The fraction of sp³-hybridized carbons (Fsp3) is 0.533. The molecule has 0 radical (unpaired) electrons. The van der Waals surface area contributed by atoms with Crippen LogP contribution in [0.25, 0.3) is 0 Å². The monoisotopic (exact) mass is 283 g/mol. The summed E-state index contributed by atoms with van der Waals surface area (Å²) in [6.07, 6.45) is 0. The number of carboxylic acids is 1. The maximum absolute atomic E-state index is 11.3. The highest BCUT2D eigenvalue weighted by Crippen LogP contribution is 2.30. The van der Waals surface area contributed by atoms with E-state index < -0.39 is 5.97 Å². The van der Waals surface area contributed by atoms with E-state index in [2.05, 4.69) is 30.9 Å². The van der Waals surface area contributed by atoms with Gasteiger partial charge in [0.2, 0.25) is 0 Å². The van der Waals surface area contributed by atoms with E-state index >= 15 is 0 Å². The quantitative estimate of drug-likeness (QED) is 0.924. The van der Waals surface area contributed by atoms with Gasteiger partial charge in [0.15, 0.2) is 0 Å².